The number of hydrogen-bond donors (Lipinski definition) is 2. The van der Waals surface area contributed by atoms with Gasteiger partial charge >= 0.3 is 0 Å². The number of rotatable bonds is 4. The minimum Gasteiger partial charge on any atom is -0.508 e. The summed E-state index contributed by atoms with van der Waals surface area (Å²) < 4.78 is 0. The predicted molar refractivity (Wildman–Crippen MR) is 74.7 cm³/mol. The molecule has 1 heterocycles. The van der Waals surface area contributed by atoms with Crippen LogP contribution in [-0.2, 0) is 0 Å². The first-order chi connectivity index (χ1) is 8.70. The molecule has 3 nitrogen and oxygen atoms in total. The number of benzene rings is 1. The standard InChI is InChI=1S/C15H24N2O/c1-12(14-6-3-7-15(18)9-14)17-8-4-5-13(11-17)10-16-2/h3,6-7,9,12-13,16,18H,4-5,8,10-11H2,1-2H3. The molecule has 0 aromatic heterocycles. The van der Waals surface area contributed by atoms with Gasteiger partial charge in [0.1, 0.15) is 5.75 Å². The number of likely N-dealkylation sites (tertiary alicyclic amines) is 1. The van der Waals surface area contributed by atoms with E-state index in [0.29, 0.717) is 11.8 Å². The molecule has 2 unspecified atom stereocenters. The second-order valence-electron chi connectivity index (χ2n) is 5.33. The molecule has 1 saturated heterocycles. The first-order valence-corrected chi connectivity index (χ1v) is 6.88. The molecule has 1 aliphatic heterocycles. The van der Waals surface area contributed by atoms with E-state index in [9.17, 15) is 5.11 Å². The van der Waals surface area contributed by atoms with Crippen LogP contribution in [0.15, 0.2) is 24.3 Å². The minimum atomic E-state index is 0.364. The summed E-state index contributed by atoms with van der Waals surface area (Å²) in [4.78, 5) is 2.53. The maximum Gasteiger partial charge on any atom is 0.115 e. The van der Waals surface area contributed by atoms with Gasteiger partial charge in [-0.1, -0.05) is 12.1 Å². The van der Waals surface area contributed by atoms with E-state index in [1.807, 2.05) is 19.2 Å². The number of nitrogens with one attached hydrogen (secondary N) is 1. The highest BCUT2D eigenvalue weighted by Gasteiger charge is 2.23. The summed E-state index contributed by atoms with van der Waals surface area (Å²) in [5.74, 6) is 1.12. The van der Waals surface area contributed by atoms with E-state index in [4.69, 9.17) is 0 Å². The Balaban J connectivity index is 2.02. The second-order valence-corrected chi connectivity index (χ2v) is 5.33. The third-order valence-electron chi connectivity index (χ3n) is 3.94. The quantitative estimate of drug-likeness (QED) is 0.859. The highest BCUT2D eigenvalue weighted by molar-refractivity contribution is 5.29. The van der Waals surface area contributed by atoms with Crippen LogP contribution in [0.2, 0.25) is 0 Å². The zero-order valence-corrected chi connectivity index (χ0v) is 11.4. The van der Waals surface area contributed by atoms with Crippen LogP contribution in [-0.4, -0.2) is 36.7 Å². The van der Waals surface area contributed by atoms with Crippen molar-refractivity contribution in [3.05, 3.63) is 29.8 Å². The first kappa shape index (κ1) is 13.4. The molecular formula is C15H24N2O. The SMILES string of the molecule is CNCC1CCCN(C(C)c2cccc(O)c2)C1. The molecule has 1 fully saturated rings. The van der Waals surface area contributed by atoms with Gasteiger partial charge in [-0.05, 0) is 63.5 Å². The summed E-state index contributed by atoms with van der Waals surface area (Å²) in [5, 5.41) is 12.8. The van der Waals surface area contributed by atoms with Crippen LogP contribution < -0.4 is 5.32 Å². The van der Waals surface area contributed by atoms with Gasteiger partial charge in [0.05, 0.1) is 0 Å². The van der Waals surface area contributed by atoms with Gasteiger partial charge in [-0.15, -0.1) is 0 Å². The maximum atomic E-state index is 9.57. The molecule has 18 heavy (non-hydrogen) atoms. The molecule has 2 atom stereocenters. The molecule has 2 N–H and O–H groups in total. The Morgan fingerprint density at radius 3 is 3.06 bits per heavy atom. The van der Waals surface area contributed by atoms with Gasteiger partial charge in [-0.25, -0.2) is 0 Å². The molecule has 0 amide bonds. The van der Waals surface area contributed by atoms with Gasteiger partial charge < -0.3 is 10.4 Å². The predicted octanol–water partition coefficient (Wildman–Crippen LogP) is 2.38. The molecule has 0 bridgehead atoms. The summed E-state index contributed by atoms with van der Waals surface area (Å²) in [6, 6.07) is 8.03. The Bertz CT molecular complexity index is 379. The number of nitrogens with zero attached hydrogens (tertiary/aromatic N) is 1. The van der Waals surface area contributed by atoms with E-state index in [1.165, 1.54) is 18.4 Å². The molecular weight excluding hydrogens is 224 g/mol. The van der Waals surface area contributed by atoms with Crippen molar-refractivity contribution in [2.24, 2.45) is 5.92 Å². The van der Waals surface area contributed by atoms with Gasteiger partial charge in [0, 0.05) is 12.6 Å². The summed E-state index contributed by atoms with van der Waals surface area (Å²) in [7, 11) is 2.03. The van der Waals surface area contributed by atoms with Crippen LogP contribution in [0.3, 0.4) is 0 Å². The lowest BCUT2D eigenvalue weighted by Gasteiger charge is -2.37. The fourth-order valence-electron chi connectivity index (χ4n) is 2.90. The van der Waals surface area contributed by atoms with Crippen LogP contribution in [0.4, 0.5) is 0 Å². The molecule has 0 spiro atoms. The van der Waals surface area contributed by atoms with Crippen molar-refractivity contribution < 1.29 is 5.11 Å². The fraction of sp³-hybridized carbons (Fsp3) is 0.600. The molecule has 3 heteroatoms. The zero-order valence-electron chi connectivity index (χ0n) is 11.4. The van der Waals surface area contributed by atoms with Crippen molar-refractivity contribution in [1.29, 1.82) is 0 Å². The lowest BCUT2D eigenvalue weighted by atomic mass is 9.95. The van der Waals surface area contributed by atoms with Gasteiger partial charge in [0.25, 0.3) is 0 Å². The molecule has 0 saturated carbocycles. The molecule has 2 rings (SSSR count). The normalized spacial score (nSPS) is 22.9. The van der Waals surface area contributed by atoms with Gasteiger partial charge in [-0.3, -0.25) is 4.90 Å². The van der Waals surface area contributed by atoms with Crippen LogP contribution in [0.5, 0.6) is 5.75 Å². The van der Waals surface area contributed by atoms with E-state index in [1.54, 1.807) is 6.07 Å². The summed E-state index contributed by atoms with van der Waals surface area (Å²) in [6.45, 7) is 5.65. The van der Waals surface area contributed by atoms with Crippen molar-refractivity contribution in [1.82, 2.24) is 10.2 Å². The highest BCUT2D eigenvalue weighted by Crippen LogP contribution is 2.27. The maximum absolute atomic E-state index is 9.57. The summed E-state index contributed by atoms with van der Waals surface area (Å²) in [5.41, 5.74) is 1.21. The average Bonchev–Trinajstić information content (AvgIpc) is 2.39. The molecule has 0 radical (unpaired) electrons. The fourth-order valence-corrected chi connectivity index (χ4v) is 2.90. The largest absolute Gasteiger partial charge is 0.508 e. The first-order valence-electron chi connectivity index (χ1n) is 6.88. The van der Waals surface area contributed by atoms with Crippen molar-refractivity contribution in [2.75, 3.05) is 26.7 Å². The Morgan fingerprint density at radius 2 is 2.33 bits per heavy atom. The van der Waals surface area contributed by atoms with E-state index in [-0.39, 0.29) is 0 Å². The van der Waals surface area contributed by atoms with E-state index < -0.39 is 0 Å². The molecule has 1 aliphatic rings. The van der Waals surface area contributed by atoms with Gasteiger partial charge in [-0.2, -0.15) is 0 Å². The van der Waals surface area contributed by atoms with Crippen molar-refractivity contribution >= 4 is 0 Å². The monoisotopic (exact) mass is 248 g/mol. The topological polar surface area (TPSA) is 35.5 Å². The number of piperidine rings is 1. The Hall–Kier alpha value is -1.06. The number of phenols is 1. The summed E-state index contributed by atoms with van der Waals surface area (Å²) in [6.07, 6.45) is 2.60. The Kier molecular flexibility index (Phi) is 4.61. The van der Waals surface area contributed by atoms with Gasteiger partial charge in [0.15, 0.2) is 0 Å². The minimum absolute atomic E-state index is 0.364. The van der Waals surface area contributed by atoms with Crippen LogP contribution in [0.25, 0.3) is 0 Å². The average molecular weight is 248 g/mol. The lowest BCUT2D eigenvalue weighted by molar-refractivity contribution is 0.131. The summed E-state index contributed by atoms with van der Waals surface area (Å²) >= 11 is 0. The molecule has 100 valence electrons. The molecule has 1 aromatic rings. The third kappa shape index (κ3) is 3.24. The Morgan fingerprint density at radius 1 is 1.50 bits per heavy atom. The lowest BCUT2D eigenvalue weighted by Crippen LogP contribution is -2.40. The van der Waals surface area contributed by atoms with Gasteiger partial charge in [0.2, 0.25) is 0 Å². The smallest absolute Gasteiger partial charge is 0.115 e. The van der Waals surface area contributed by atoms with E-state index >= 15 is 0 Å². The molecule has 0 aliphatic carbocycles. The van der Waals surface area contributed by atoms with Crippen LogP contribution in [0.1, 0.15) is 31.4 Å². The highest BCUT2D eigenvalue weighted by atomic mass is 16.3. The van der Waals surface area contributed by atoms with Crippen molar-refractivity contribution in [3.8, 4) is 5.75 Å². The number of phenolic OH excluding ortho intramolecular Hbond substituents is 1. The number of hydrogen-bond acceptors (Lipinski definition) is 3. The Labute approximate surface area is 110 Å². The van der Waals surface area contributed by atoms with Crippen LogP contribution in [0, 0.1) is 5.92 Å². The number of aromatic hydroxyl groups is 1. The third-order valence-corrected chi connectivity index (χ3v) is 3.94. The molecule has 1 aromatic carbocycles. The second kappa shape index (κ2) is 6.21. The van der Waals surface area contributed by atoms with Crippen molar-refractivity contribution in [2.45, 2.75) is 25.8 Å². The zero-order chi connectivity index (χ0) is 13.0. The van der Waals surface area contributed by atoms with E-state index in [2.05, 4.69) is 23.2 Å². The van der Waals surface area contributed by atoms with E-state index in [0.717, 1.165) is 25.6 Å². The van der Waals surface area contributed by atoms with Crippen molar-refractivity contribution in [3.63, 3.8) is 0 Å². The van der Waals surface area contributed by atoms with Crippen LogP contribution >= 0.6 is 0 Å².